The molecule has 0 fully saturated rings. The predicted molar refractivity (Wildman–Crippen MR) is 141 cm³/mol. The van der Waals surface area contributed by atoms with E-state index in [0.29, 0.717) is 13.1 Å². The molecule has 1 aliphatic rings. The van der Waals surface area contributed by atoms with Crippen molar-refractivity contribution in [1.29, 1.82) is 0 Å². The van der Waals surface area contributed by atoms with Crippen LogP contribution in [0.3, 0.4) is 0 Å². The van der Waals surface area contributed by atoms with Gasteiger partial charge in [-0.25, -0.2) is 16.8 Å². The van der Waals surface area contributed by atoms with Crippen LogP contribution in [-0.2, 0) is 26.8 Å². The van der Waals surface area contributed by atoms with Crippen LogP contribution in [0.25, 0.3) is 16.3 Å². The number of halogens is 1. The van der Waals surface area contributed by atoms with Crippen LogP contribution in [-0.4, -0.2) is 44.0 Å². The minimum absolute atomic E-state index is 0. The third-order valence-corrected chi connectivity index (χ3v) is 9.60. The van der Waals surface area contributed by atoms with Gasteiger partial charge in [-0.1, -0.05) is 35.2 Å². The fourth-order valence-electron chi connectivity index (χ4n) is 3.71. The molecule has 35 heavy (non-hydrogen) atoms. The van der Waals surface area contributed by atoms with Gasteiger partial charge >= 0.3 is 51.4 Å². The molecule has 3 aromatic rings. The van der Waals surface area contributed by atoms with E-state index in [1.54, 1.807) is 23.1 Å². The summed E-state index contributed by atoms with van der Waals surface area (Å²) in [7, 11) is -8.61. The van der Waals surface area contributed by atoms with Crippen LogP contribution in [0.5, 0.6) is 0 Å². The average molecular weight is 691 g/mol. The molecule has 182 valence electrons. The Bertz CT molecular complexity index is 1470. The molecular formula is C21H20IKN2O6S4. The van der Waals surface area contributed by atoms with Crippen molar-refractivity contribution in [3.63, 3.8) is 0 Å². The first kappa shape index (κ1) is 30.0. The van der Waals surface area contributed by atoms with Crippen LogP contribution in [0.15, 0.2) is 52.4 Å². The molecule has 0 amide bonds. The normalized spacial score (nSPS) is 14.9. The maximum Gasteiger partial charge on any atom is 1.00 e. The van der Waals surface area contributed by atoms with Crippen LogP contribution >= 0.6 is 45.7 Å². The zero-order chi connectivity index (χ0) is 24.5. The number of aromatic nitrogens is 1. The Morgan fingerprint density at radius 3 is 2.40 bits per heavy atom. The summed E-state index contributed by atoms with van der Waals surface area (Å²) < 4.78 is 70.8. The van der Waals surface area contributed by atoms with Crippen molar-refractivity contribution in [3.8, 4) is 0 Å². The number of hydrogen-bond donors (Lipinski definition) is 0. The maximum absolute atomic E-state index is 11.1. The molecule has 0 radical (unpaired) electrons. The van der Waals surface area contributed by atoms with E-state index < -0.39 is 31.7 Å². The van der Waals surface area contributed by atoms with Crippen molar-refractivity contribution in [2.45, 2.75) is 24.3 Å². The van der Waals surface area contributed by atoms with Gasteiger partial charge in [-0.2, -0.15) is 4.57 Å². The molecule has 0 saturated heterocycles. The predicted octanol–water partition coefficient (Wildman–Crippen LogP) is 0.579. The van der Waals surface area contributed by atoms with Crippen molar-refractivity contribution in [2.75, 3.05) is 23.0 Å². The van der Waals surface area contributed by atoms with E-state index in [9.17, 15) is 25.9 Å². The number of benzene rings is 2. The second-order valence-electron chi connectivity index (χ2n) is 7.64. The first-order valence-electron chi connectivity index (χ1n) is 10.3. The fourth-order valence-corrected chi connectivity index (χ4v) is 7.45. The second-order valence-corrected chi connectivity index (χ2v) is 14.1. The number of nitrogens with zero attached hydrogens (tertiary/aromatic N) is 2. The number of anilines is 1. The standard InChI is InChI=1S/C21H21IN2O6S4.K/c22-15-7-8-19-17(13-15)24(10-4-12-34(28,29)30)21(32-19)14-20-23(9-3-11-33(25,26)27)16-5-1-2-6-18(16)31-20;/h1-2,5-8,13-14H,3-4,9-12H2,(H-,25,26,27,28,29,30);/q;+1/p-1. The number of fused-ring (bicyclic) bond motifs is 2. The molecule has 0 spiro atoms. The summed E-state index contributed by atoms with van der Waals surface area (Å²) in [6.45, 7) is 0.737. The van der Waals surface area contributed by atoms with Gasteiger partial charge in [0.15, 0.2) is 6.54 Å². The van der Waals surface area contributed by atoms with Gasteiger partial charge in [-0.15, -0.1) is 0 Å². The van der Waals surface area contributed by atoms with E-state index in [0.717, 1.165) is 34.4 Å². The van der Waals surface area contributed by atoms with Crippen LogP contribution < -0.4 is 60.9 Å². The smallest absolute Gasteiger partial charge is 0.748 e. The largest absolute Gasteiger partial charge is 1.00 e. The topological polar surface area (TPSA) is 122 Å². The van der Waals surface area contributed by atoms with Gasteiger partial charge in [0.25, 0.3) is 5.01 Å². The van der Waals surface area contributed by atoms with Gasteiger partial charge in [0, 0.05) is 39.0 Å². The molecule has 1 aliphatic heterocycles. The zero-order valence-electron chi connectivity index (χ0n) is 18.7. The van der Waals surface area contributed by atoms with Gasteiger partial charge in [0.1, 0.15) is 4.70 Å². The second kappa shape index (κ2) is 12.5. The Balaban J connectivity index is 0.00000342. The average Bonchev–Trinajstić information content (AvgIpc) is 3.24. The summed E-state index contributed by atoms with van der Waals surface area (Å²) in [5.41, 5.74) is 1.90. The van der Waals surface area contributed by atoms with E-state index in [1.807, 2.05) is 58.0 Å². The van der Waals surface area contributed by atoms with Gasteiger partial charge in [-0.3, -0.25) is 0 Å². The number of thiazole rings is 1. The van der Waals surface area contributed by atoms with E-state index in [4.69, 9.17) is 0 Å². The van der Waals surface area contributed by atoms with Crippen LogP contribution in [0.1, 0.15) is 17.8 Å². The Kier molecular flexibility index (Phi) is 10.7. The number of para-hydroxylation sites is 1. The quantitative estimate of drug-likeness (QED) is 0.139. The summed E-state index contributed by atoms with van der Waals surface area (Å²) in [5.74, 6) is -0.873. The Morgan fingerprint density at radius 2 is 1.69 bits per heavy atom. The third kappa shape index (κ3) is 8.19. The summed E-state index contributed by atoms with van der Waals surface area (Å²) in [6, 6.07) is 13.8. The Labute approximate surface area is 269 Å². The molecule has 8 nitrogen and oxygen atoms in total. The molecule has 14 heteroatoms. The monoisotopic (exact) mass is 690 g/mol. The maximum atomic E-state index is 11.1. The van der Waals surface area contributed by atoms with Crippen LogP contribution in [0, 0.1) is 3.57 Å². The van der Waals surface area contributed by atoms with Crippen molar-refractivity contribution in [2.24, 2.45) is 0 Å². The summed E-state index contributed by atoms with van der Waals surface area (Å²) >= 11 is 5.33. The van der Waals surface area contributed by atoms with Gasteiger partial charge in [-0.05, 0) is 53.3 Å². The van der Waals surface area contributed by atoms with Crippen LogP contribution in [0.4, 0.5) is 5.69 Å². The minimum atomic E-state index is -4.31. The zero-order valence-corrected chi connectivity index (χ0v) is 27.3. The van der Waals surface area contributed by atoms with Crippen molar-refractivity contribution in [3.05, 3.63) is 56.1 Å². The molecule has 1 aromatic heterocycles. The molecule has 2 aromatic carbocycles. The van der Waals surface area contributed by atoms with Gasteiger partial charge in [0.05, 0.1) is 37.0 Å². The van der Waals surface area contributed by atoms with Gasteiger partial charge < -0.3 is 14.0 Å². The summed E-state index contributed by atoms with van der Waals surface area (Å²) in [5, 5.41) is 1.77. The minimum Gasteiger partial charge on any atom is -0.748 e. The Morgan fingerprint density at radius 1 is 1.00 bits per heavy atom. The summed E-state index contributed by atoms with van der Waals surface area (Å²) in [6.07, 6.45) is 2.39. The molecule has 0 aliphatic carbocycles. The molecule has 0 unspecified atom stereocenters. The molecule has 2 heterocycles. The van der Waals surface area contributed by atoms with E-state index in [1.165, 1.54) is 0 Å². The first-order valence-corrected chi connectivity index (χ1v) is 16.1. The van der Waals surface area contributed by atoms with E-state index >= 15 is 0 Å². The molecule has 0 N–H and O–H groups in total. The number of aryl methyl sites for hydroxylation is 1. The summed E-state index contributed by atoms with van der Waals surface area (Å²) in [4.78, 5) is 3.05. The number of thioether (sulfide) groups is 1. The molecule has 0 atom stereocenters. The van der Waals surface area contributed by atoms with E-state index in [-0.39, 0.29) is 64.2 Å². The SMILES string of the molecule is O=S(=O)([O-])CCCN1C(=Cc2sc3ccccc3[n+]2CCCS(=O)(=O)[O-])Sc2ccc(I)cc21.[K+]. The van der Waals surface area contributed by atoms with Crippen molar-refractivity contribution < 1.29 is 81.9 Å². The molecule has 0 bridgehead atoms. The molecule has 4 rings (SSSR count). The Hall–Kier alpha value is 0.406. The van der Waals surface area contributed by atoms with Gasteiger partial charge in [0.2, 0.25) is 5.52 Å². The fraction of sp³-hybridized carbons (Fsp3) is 0.286. The van der Waals surface area contributed by atoms with Crippen molar-refractivity contribution >= 4 is 87.9 Å². The third-order valence-electron chi connectivity index (χ3n) is 5.13. The molecular weight excluding hydrogens is 671 g/mol. The van der Waals surface area contributed by atoms with Crippen molar-refractivity contribution in [1.82, 2.24) is 0 Å². The van der Waals surface area contributed by atoms with Crippen LogP contribution in [0.2, 0.25) is 0 Å². The molecule has 0 saturated carbocycles. The van der Waals surface area contributed by atoms with E-state index in [2.05, 4.69) is 22.6 Å². The first-order chi connectivity index (χ1) is 16.0. The number of rotatable bonds is 9. The number of hydrogen-bond acceptors (Lipinski definition) is 9.